The molecule has 0 saturated carbocycles. The van der Waals surface area contributed by atoms with Gasteiger partial charge in [-0.1, -0.05) is 0 Å². The average Bonchev–Trinajstić information content (AvgIpc) is 3.02. The van der Waals surface area contributed by atoms with Gasteiger partial charge in [0.2, 0.25) is 0 Å². The molecule has 1 amide bonds. The van der Waals surface area contributed by atoms with E-state index in [1.807, 2.05) is 6.07 Å². The normalized spacial score (nSPS) is 13.0. The fourth-order valence-electron chi connectivity index (χ4n) is 1.69. The van der Waals surface area contributed by atoms with Gasteiger partial charge in [0.1, 0.15) is 17.9 Å². The van der Waals surface area contributed by atoms with Crippen molar-refractivity contribution in [3.05, 3.63) is 42.0 Å². The van der Waals surface area contributed by atoms with Gasteiger partial charge in [0.15, 0.2) is 6.10 Å². The van der Waals surface area contributed by atoms with Gasteiger partial charge >= 0.3 is 0 Å². The lowest BCUT2D eigenvalue weighted by Crippen LogP contribution is -2.38. The number of aromatic amines is 1. The number of benzene rings is 1. The first-order valence-corrected chi connectivity index (χ1v) is 6.42. The van der Waals surface area contributed by atoms with E-state index in [-0.39, 0.29) is 11.9 Å². The number of nitrogens with one attached hydrogen (secondary N) is 2. The molecule has 1 aromatic heterocycles. The zero-order valence-corrected chi connectivity index (χ0v) is 11.7. The van der Waals surface area contributed by atoms with Crippen LogP contribution in [0.5, 0.6) is 5.75 Å². The van der Waals surface area contributed by atoms with Crippen molar-refractivity contribution in [2.45, 2.75) is 26.0 Å². The first kappa shape index (κ1) is 14.5. The minimum absolute atomic E-state index is 0.261. The van der Waals surface area contributed by atoms with Gasteiger partial charge in [-0.25, -0.2) is 4.98 Å². The van der Waals surface area contributed by atoms with Crippen LogP contribution in [0.25, 0.3) is 0 Å². The number of rotatable bonds is 5. The highest BCUT2D eigenvalue weighted by molar-refractivity contribution is 5.81. The van der Waals surface area contributed by atoms with Crippen molar-refractivity contribution >= 4 is 5.91 Å². The van der Waals surface area contributed by atoms with Crippen LogP contribution in [0.1, 0.15) is 31.3 Å². The van der Waals surface area contributed by atoms with Crippen LogP contribution in [0.15, 0.2) is 30.6 Å². The Labute approximate surface area is 122 Å². The molecule has 2 unspecified atom stereocenters. The third-order valence-corrected chi connectivity index (χ3v) is 2.87. The Hall–Kier alpha value is -2.88. The van der Waals surface area contributed by atoms with E-state index < -0.39 is 6.10 Å². The minimum Gasteiger partial charge on any atom is -0.481 e. The zero-order chi connectivity index (χ0) is 15.2. The summed E-state index contributed by atoms with van der Waals surface area (Å²) in [5.41, 5.74) is 0.540. The fraction of sp³-hybridized carbons (Fsp3) is 0.286. The fourth-order valence-corrected chi connectivity index (χ4v) is 1.69. The van der Waals surface area contributed by atoms with Crippen LogP contribution in [-0.2, 0) is 4.79 Å². The molecule has 0 spiro atoms. The van der Waals surface area contributed by atoms with Crippen LogP contribution < -0.4 is 10.1 Å². The van der Waals surface area contributed by atoms with Crippen molar-refractivity contribution in [3.63, 3.8) is 0 Å². The Bertz CT molecular complexity index is 630. The number of H-pyrrole nitrogens is 1. The predicted molar refractivity (Wildman–Crippen MR) is 74.2 cm³/mol. The molecule has 0 radical (unpaired) electrons. The largest absolute Gasteiger partial charge is 0.481 e. The third kappa shape index (κ3) is 3.79. The molecule has 2 aromatic rings. The number of aromatic nitrogens is 3. The maximum absolute atomic E-state index is 12.0. The van der Waals surface area contributed by atoms with Gasteiger partial charge in [-0.15, -0.1) is 0 Å². The first-order valence-electron chi connectivity index (χ1n) is 6.42. The second-order valence-corrected chi connectivity index (χ2v) is 4.50. The molecule has 0 fully saturated rings. The summed E-state index contributed by atoms with van der Waals surface area (Å²) in [6, 6.07) is 8.32. The van der Waals surface area contributed by atoms with Gasteiger partial charge < -0.3 is 10.1 Å². The van der Waals surface area contributed by atoms with Crippen molar-refractivity contribution in [1.82, 2.24) is 20.5 Å². The van der Waals surface area contributed by atoms with E-state index in [1.165, 1.54) is 6.33 Å². The number of carbonyl (C=O) groups is 1. The number of ether oxygens (including phenoxy) is 1. The summed E-state index contributed by atoms with van der Waals surface area (Å²) in [7, 11) is 0. The monoisotopic (exact) mass is 285 g/mol. The molecule has 0 bridgehead atoms. The Morgan fingerprint density at radius 2 is 2.10 bits per heavy atom. The highest BCUT2D eigenvalue weighted by Crippen LogP contribution is 2.14. The van der Waals surface area contributed by atoms with E-state index in [9.17, 15) is 4.79 Å². The van der Waals surface area contributed by atoms with Crippen LogP contribution in [0.4, 0.5) is 0 Å². The van der Waals surface area contributed by atoms with E-state index >= 15 is 0 Å². The summed E-state index contributed by atoms with van der Waals surface area (Å²) < 4.78 is 5.53. The number of amides is 1. The summed E-state index contributed by atoms with van der Waals surface area (Å²) in [5, 5.41) is 17.9. The van der Waals surface area contributed by atoms with Crippen molar-refractivity contribution in [2.75, 3.05) is 0 Å². The quantitative estimate of drug-likeness (QED) is 0.862. The first-order chi connectivity index (χ1) is 10.1. The van der Waals surface area contributed by atoms with Crippen molar-refractivity contribution in [1.29, 1.82) is 5.26 Å². The highest BCUT2D eigenvalue weighted by atomic mass is 16.5. The lowest BCUT2D eigenvalue weighted by molar-refractivity contribution is -0.128. The van der Waals surface area contributed by atoms with E-state index in [0.717, 1.165) is 0 Å². The van der Waals surface area contributed by atoms with Gasteiger partial charge in [0.05, 0.1) is 17.7 Å². The van der Waals surface area contributed by atoms with Gasteiger partial charge in [0, 0.05) is 0 Å². The standard InChI is InChI=1S/C14H15N5O2/c1-9(13-16-8-17-19-13)18-14(20)10(2)21-12-5-3-11(7-15)4-6-12/h3-6,8-10H,1-2H3,(H,18,20)(H,16,17,19). The smallest absolute Gasteiger partial charge is 0.261 e. The van der Waals surface area contributed by atoms with Crippen LogP contribution in [0.2, 0.25) is 0 Å². The summed E-state index contributed by atoms with van der Waals surface area (Å²) in [4.78, 5) is 16.0. The molecule has 7 heteroatoms. The molecule has 108 valence electrons. The van der Waals surface area contributed by atoms with Crippen molar-refractivity contribution in [2.24, 2.45) is 0 Å². The van der Waals surface area contributed by atoms with Crippen molar-refractivity contribution < 1.29 is 9.53 Å². The molecule has 2 rings (SSSR count). The molecule has 2 atom stereocenters. The number of hydrogen-bond donors (Lipinski definition) is 2. The van der Waals surface area contributed by atoms with Crippen LogP contribution in [0.3, 0.4) is 0 Å². The van der Waals surface area contributed by atoms with Gasteiger partial charge in [0.25, 0.3) is 5.91 Å². The average molecular weight is 285 g/mol. The Balaban J connectivity index is 1.91. The molecule has 0 aliphatic rings. The number of nitriles is 1. The van der Waals surface area contributed by atoms with Crippen LogP contribution in [0, 0.1) is 11.3 Å². The third-order valence-electron chi connectivity index (χ3n) is 2.87. The van der Waals surface area contributed by atoms with Gasteiger partial charge in [-0.05, 0) is 38.1 Å². The molecule has 1 heterocycles. The maximum Gasteiger partial charge on any atom is 0.261 e. The maximum atomic E-state index is 12.0. The lowest BCUT2D eigenvalue weighted by Gasteiger charge is -2.17. The SMILES string of the molecule is CC(Oc1ccc(C#N)cc1)C(=O)NC(C)c1ncn[nH]1. The Kier molecular flexibility index (Phi) is 4.51. The summed E-state index contributed by atoms with van der Waals surface area (Å²) in [6.45, 7) is 3.45. The molecule has 1 aromatic carbocycles. The van der Waals surface area contributed by atoms with Crippen LogP contribution in [-0.4, -0.2) is 27.2 Å². The highest BCUT2D eigenvalue weighted by Gasteiger charge is 2.18. The Morgan fingerprint density at radius 3 is 2.67 bits per heavy atom. The number of carbonyl (C=O) groups excluding carboxylic acids is 1. The lowest BCUT2D eigenvalue weighted by atomic mass is 10.2. The molecule has 0 aliphatic carbocycles. The molecular weight excluding hydrogens is 270 g/mol. The van der Waals surface area contributed by atoms with Crippen LogP contribution >= 0.6 is 0 Å². The minimum atomic E-state index is -0.664. The second kappa shape index (κ2) is 6.52. The molecule has 2 N–H and O–H groups in total. The van der Waals surface area contributed by atoms with Crippen molar-refractivity contribution in [3.8, 4) is 11.8 Å². The summed E-state index contributed by atoms with van der Waals surface area (Å²) >= 11 is 0. The topological polar surface area (TPSA) is 104 Å². The summed E-state index contributed by atoms with van der Waals surface area (Å²) in [6.07, 6.45) is 0.720. The Morgan fingerprint density at radius 1 is 1.38 bits per heavy atom. The molecule has 7 nitrogen and oxygen atoms in total. The number of hydrogen-bond acceptors (Lipinski definition) is 5. The molecule has 0 aliphatic heterocycles. The van der Waals surface area contributed by atoms with Gasteiger partial charge in [-0.3, -0.25) is 9.89 Å². The van der Waals surface area contributed by atoms with Gasteiger partial charge in [-0.2, -0.15) is 10.4 Å². The van der Waals surface area contributed by atoms with E-state index in [4.69, 9.17) is 10.00 Å². The molecule has 0 saturated heterocycles. The number of nitrogens with zero attached hydrogens (tertiary/aromatic N) is 3. The van der Waals surface area contributed by atoms with E-state index in [0.29, 0.717) is 17.1 Å². The molecule has 21 heavy (non-hydrogen) atoms. The van der Waals surface area contributed by atoms with E-state index in [2.05, 4.69) is 20.5 Å². The van der Waals surface area contributed by atoms with E-state index in [1.54, 1.807) is 38.1 Å². The second-order valence-electron chi connectivity index (χ2n) is 4.50. The predicted octanol–water partition coefficient (Wildman–Crippen LogP) is 1.32. The zero-order valence-electron chi connectivity index (χ0n) is 11.7. The summed E-state index contributed by atoms with van der Waals surface area (Å²) in [5.74, 6) is 0.848. The molecular formula is C14H15N5O2.